The molecular formula is C22H40N4O3. The lowest BCUT2D eigenvalue weighted by atomic mass is 9.84. The van der Waals surface area contributed by atoms with Gasteiger partial charge in [-0.3, -0.25) is 4.99 Å². The minimum atomic E-state index is -0.140. The third-order valence-electron chi connectivity index (χ3n) is 4.82. The minimum Gasteiger partial charge on any atom is -0.493 e. The Labute approximate surface area is 176 Å². The summed E-state index contributed by atoms with van der Waals surface area (Å²) in [5.74, 6) is 2.31. The molecule has 0 atom stereocenters. The fourth-order valence-corrected chi connectivity index (χ4v) is 2.92. The monoisotopic (exact) mass is 408 g/mol. The number of ether oxygens (including phenoxy) is 3. The van der Waals surface area contributed by atoms with Crippen LogP contribution in [0, 0.1) is 0 Å². The van der Waals surface area contributed by atoms with Gasteiger partial charge in [0.1, 0.15) is 0 Å². The fraction of sp³-hybridized carbons (Fsp3) is 0.682. The Morgan fingerprint density at radius 1 is 1.07 bits per heavy atom. The van der Waals surface area contributed by atoms with E-state index in [1.165, 1.54) is 0 Å². The lowest BCUT2D eigenvalue weighted by Crippen LogP contribution is -2.42. The predicted molar refractivity (Wildman–Crippen MR) is 121 cm³/mol. The number of nitrogens with one attached hydrogen (secondary N) is 2. The van der Waals surface area contributed by atoms with Crippen molar-refractivity contribution in [3.8, 4) is 11.5 Å². The number of hydrogen-bond donors (Lipinski definition) is 2. The van der Waals surface area contributed by atoms with Gasteiger partial charge in [-0.2, -0.15) is 0 Å². The summed E-state index contributed by atoms with van der Waals surface area (Å²) in [6, 6.07) is 6.05. The Hall–Kier alpha value is -1.99. The van der Waals surface area contributed by atoms with Gasteiger partial charge in [-0.05, 0) is 38.1 Å². The quantitative estimate of drug-likeness (QED) is 0.297. The first-order valence-corrected chi connectivity index (χ1v) is 10.3. The zero-order chi connectivity index (χ0) is 21.7. The van der Waals surface area contributed by atoms with Crippen LogP contribution >= 0.6 is 0 Å². The average Bonchev–Trinajstić information content (AvgIpc) is 2.71. The molecule has 0 heterocycles. The maximum Gasteiger partial charge on any atom is 0.191 e. The van der Waals surface area contributed by atoms with Gasteiger partial charge in [0.2, 0.25) is 0 Å². The number of aliphatic imine (C=N–C) groups is 1. The molecule has 0 spiro atoms. The Morgan fingerprint density at radius 3 is 2.41 bits per heavy atom. The van der Waals surface area contributed by atoms with Crippen LogP contribution < -0.4 is 20.1 Å². The van der Waals surface area contributed by atoms with Crippen molar-refractivity contribution in [2.75, 3.05) is 67.7 Å². The van der Waals surface area contributed by atoms with Gasteiger partial charge in [0.25, 0.3) is 0 Å². The maximum absolute atomic E-state index is 5.45. The molecule has 1 aromatic carbocycles. The first kappa shape index (κ1) is 25.0. The van der Waals surface area contributed by atoms with Crippen molar-refractivity contribution in [1.82, 2.24) is 15.5 Å². The van der Waals surface area contributed by atoms with E-state index < -0.39 is 0 Å². The SMILES string of the molecule is CCNC(=NCC(C)(C)c1ccc(OC)c(OC)c1)NCCN(C)CCCOC. The number of hydrogen-bond acceptors (Lipinski definition) is 5. The second kappa shape index (κ2) is 13.3. The van der Waals surface area contributed by atoms with Crippen LogP contribution in [0.3, 0.4) is 0 Å². The summed E-state index contributed by atoms with van der Waals surface area (Å²) in [5.41, 5.74) is 1.02. The Balaban J connectivity index is 2.68. The van der Waals surface area contributed by atoms with Gasteiger partial charge in [-0.1, -0.05) is 19.9 Å². The molecule has 0 saturated carbocycles. The Morgan fingerprint density at radius 2 is 1.79 bits per heavy atom. The molecule has 0 fully saturated rings. The summed E-state index contributed by atoms with van der Waals surface area (Å²) >= 11 is 0. The summed E-state index contributed by atoms with van der Waals surface area (Å²) in [4.78, 5) is 7.11. The molecule has 2 N–H and O–H groups in total. The number of methoxy groups -OCH3 is 3. The zero-order valence-corrected chi connectivity index (χ0v) is 19.3. The first-order valence-electron chi connectivity index (χ1n) is 10.3. The molecule has 0 saturated heterocycles. The van der Waals surface area contributed by atoms with Gasteiger partial charge in [0.15, 0.2) is 17.5 Å². The van der Waals surface area contributed by atoms with E-state index in [2.05, 4.69) is 49.4 Å². The summed E-state index contributed by atoms with van der Waals surface area (Å²) in [6.45, 7) is 11.5. The van der Waals surface area contributed by atoms with Gasteiger partial charge in [-0.15, -0.1) is 0 Å². The largest absolute Gasteiger partial charge is 0.493 e. The molecule has 0 aliphatic rings. The molecule has 7 nitrogen and oxygen atoms in total. The van der Waals surface area contributed by atoms with Crippen molar-refractivity contribution in [2.24, 2.45) is 4.99 Å². The van der Waals surface area contributed by atoms with Crippen LogP contribution in [0.5, 0.6) is 11.5 Å². The van der Waals surface area contributed by atoms with Gasteiger partial charge in [-0.25, -0.2) is 0 Å². The topological polar surface area (TPSA) is 67.4 Å². The number of benzene rings is 1. The lowest BCUT2D eigenvalue weighted by Gasteiger charge is -2.25. The second-order valence-corrected chi connectivity index (χ2v) is 7.73. The Bertz CT molecular complexity index is 620. The molecule has 0 aliphatic carbocycles. The third-order valence-corrected chi connectivity index (χ3v) is 4.82. The standard InChI is InChI=1S/C22H40N4O3/c1-8-23-21(24-12-14-26(4)13-9-15-27-5)25-17-22(2,3)18-10-11-19(28-6)20(16-18)29-7/h10-11,16H,8-9,12-15,17H2,1-7H3,(H2,23,24,25). The van der Waals surface area contributed by atoms with Crippen LogP contribution in [0.4, 0.5) is 0 Å². The third kappa shape index (κ3) is 8.92. The van der Waals surface area contributed by atoms with Crippen molar-refractivity contribution in [2.45, 2.75) is 32.6 Å². The highest BCUT2D eigenvalue weighted by molar-refractivity contribution is 5.79. The van der Waals surface area contributed by atoms with Crippen molar-refractivity contribution in [3.05, 3.63) is 23.8 Å². The predicted octanol–water partition coefficient (Wildman–Crippen LogP) is 2.50. The molecule has 0 bridgehead atoms. The second-order valence-electron chi connectivity index (χ2n) is 7.73. The molecule has 7 heteroatoms. The molecule has 0 unspecified atom stereocenters. The van der Waals surface area contributed by atoms with E-state index in [0.717, 1.165) is 62.2 Å². The summed E-state index contributed by atoms with van der Waals surface area (Å²) < 4.78 is 15.9. The van der Waals surface area contributed by atoms with Crippen molar-refractivity contribution < 1.29 is 14.2 Å². The molecule has 0 radical (unpaired) electrons. The van der Waals surface area contributed by atoms with E-state index in [-0.39, 0.29) is 5.41 Å². The minimum absolute atomic E-state index is 0.140. The van der Waals surface area contributed by atoms with E-state index in [1.54, 1.807) is 21.3 Å². The number of guanidine groups is 1. The highest BCUT2D eigenvalue weighted by atomic mass is 16.5. The first-order chi connectivity index (χ1) is 13.9. The van der Waals surface area contributed by atoms with Crippen LogP contribution in [0.15, 0.2) is 23.2 Å². The molecule has 29 heavy (non-hydrogen) atoms. The van der Waals surface area contributed by atoms with Crippen LogP contribution in [-0.4, -0.2) is 78.6 Å². The van der Waals surface area contributed by atoms with Gasteiger partial charge in [0.05, 0.1) is 20.8 Å². The highest BCUT2D eigenvalue weighted by Crippen LogP contribution is 2.33. The molecule has 1 aromatic rings. The smallest absolute Gasteiger partial charge is 0.191 e. The van der Waals surface area contributed by atoms with Crippen LogP contribution in [-0.2, 0) is 10.2 Å². The van der Waals surface area contributed by atoms with Crippen LogP contribution in [0.25, 0.3) is 0 Å². The summed E-state index contributed by atoms with van der Waals surface area (Å²) in [5, 5.41) is 6.76. The van der Waals surface area contributed by atoms with Crippen molar-refractivity contribution in [1.29, 1.82) is 0 Å². The number of rotatable bonds is 13. The van der Waals surface area contributed by atoms with Gasteiger partial charge < -0.3 is 29.7 Å². The molecule has 0 amide bonds. The summed E-state index contributed by atoms with van der Waals surface area (Å²) in [7, 11) is 7.18. The van der Waals surface area contributed by atoms with Crippen LogP contribution in [0.1, 0.15) is 32.8 Å². The van der Waals surface area contributed by atoms with Crippen molar-refractivity contribution in [3.63, 3.8) is 0 Å². The molecule has 166 valence electrons. The van der Waals surface area contributed by atoms with E-state index >= 15 is 0 Å². The van der Waals surface area contributed by atoms with E-state index in [4.69, 9.17) is 19.2 Å². The molecule has 0 aromatic heterocycles. The van der Waals surface area contributed by atoms with Gasteiger partial charge >= 0.3 is 0 Å². The van der Waals surface area contributed by atoms with Crippen LogP contribution in [0.2, 0.25) is 0 Å². The van der Waals surface area contributed by atoms with Crippen molar-refractivity contribution >= 4 is 5.96 Å². The van der Waals surface area contributed by atoms with Gasteiger partial charge in [0, 0.05) is 45.3 Å². The van der Waals surface area contributed by atoms with E-state index in [1.807, 2.05) is 12.1 Å². The molecule has 1 rings (SSSR count). The maximum atomic E-state index is 5.45. The number of likely N-dealkylation sites (N-methyl/N-ethyl adjacent to an activating group) is 1. The van der Waals surface area contributed by atoms with E-state index in [9.17, 15) is 0 Å². The highest BCUT2D eigenvalue weighted by Gasteiger charge is 2.22. The average molecular weight is 409 g/mol. The zero-order valence-electron chi connectivity index (χ0n) is 19.3. The molecule has 0 aliphatic heterocycles. The normalized spacial score (nSPS) is 12.2. The lowest BCUT2D eigenvalue weighted by molar-refractivity contribution is 0.180. The number of nitrogens with zero attached hydrogens (tertiary/aromatic N) is 2. The Kier molecular flexibility index (Phi) is 11.5. The van der Waals surface area contributed by atoms with E-state index in [0.29, 0.717) is 6.54 Å². The fourth-order valence-electron chi connectivity index (χ4n) is 2.92. The molecular weight excluding hydrogens is 368 g/mol. The summed E-state index contributed by atoms with van der Waals surface area (Å²) in [6.07, 6.45) is 1.04.